The van der Waals surface area contributed by atoms with E-state index in [0.717, 1.165) is 6.42 Å². The van der Waals surface area contributed by atoms with Crippen LogP contribution in [0, 0.1) is 11.8 Å². The summed E-state index contributed by atoms with van der Waals surface area (Å²) in [5.74, 6) is -1.03. The summed E-state index contributed by atoms with van der Waals surface area (Å²) in [4.78, 5) is 24.2. The van der Waals surface area contributed by atoms with Gasteiger partial charge in [0.1, 0.15) is 5.60 Å². The van der Waals surface area contributed by atoms with Crippen LogP contribution in [-0.4, -0.2) is 40.3 Å². The van der Waals surface area contributed by atoms with Crippen LogP contribution in [-0.2, 0) is 9.53 Å². The van der Waals surface area contributed by atoms with Crippen molar-refractivity contribution in [3.05, 3.63) is 0 Å². The predicted octanol–water partition coefficient (Wildman–Crippen LogP) is 1.33. The SMILES string of the molecule is CC(C)(C)OC(=O)N1CC[C@@H]2[C@H](C(=O)O)[C@@H]21. The third-order valence-corrected chi connectivity index (χ3v) is 3.10. The van der Waals surface area contributed by atoms with Crippen molar-refractivity contribution in [2.24, 2.45) is 11.8 Å². The first-order chi connectivity index (χ1) is 7.31. The number of aliphatic carboxylic acids is 1. The number of likely N-dealkylation sites (tertiary alicyclic amines) is 1. The zero-order chi connectivity index (χ0) is 12.1. The zero-order valence-electron chi connectivity index (χ0n) is 9.77. The van der Waals surface area contributed by atoms with E-state index >= 15 is 0 Å². The number of nitrogens with zero attached hydrogens (tertiary/aromatic N) is 1. The molecule has 1 saturated heterocycles. The van der Waals surface area contributed by atoms with Crippen molar-refractivity contribution < 1.29 is 19.4 Å². The largest absolute Gasteiger partial charge is 0.481 e. The van der Waals surface area contributed by atoms with Gasteiger partial charge in [-0.1, -0.05) is 0 Å². The minimum Gasteiger partial charge on any atom is -0.481 e. The maximum Gasteiger partial charge on any atom is 0.410 e. The van der Waals surface area contributed by atoms with E-state index in [9.17, 15) is 9.59 Å². The number of piperidine rings is 1. The molecule has 0 aromatic carbocycles. The Morgan fingerprint density at radius 1 is 1.38 bits per heavy atom. The molecule has 0 aromatic rings. The summed E-state index contributed by atoms with van der Waals surface area (Å²) in [5, 5.41) is 8.91. The number of fused-ring (bicyclic) bond motifs is 1. The Morgan fingerprint density at radius 2 is 2.00 bits per heavy atom. The van der Waals surface area contributed by atoms with Gasteiger partial charge in [-0.25, -0.2) is 4.79 Å². The Hall–Kier alpha value is -1.26. The van der Waals surface area contributed by atoms with Gasteiger partial charge in [-0.05, 0) is 33.1 Å². The first-order valence-corrected chi connectivity index (χ1v) is 5.54. The summed E-state index contributed by atoms with van der Waals surface area (Å²) in [6.07, 6.45) is 0.393. The minimum atomic E-state index is -0.803. The minimum absolute atomic E-state index is 0.132. The number of hydrogen-bond acceptors (Lipinski definition) is 3. The smallest absolute Gasteiger partial charge is 0.410 e. The van der Waals surface area contributed by atoms with Crippen LogP contribution in [0.4, 0.5) is 4.79 Å². The fraction of sp³-hybridized carbons (Fsp3) is 0.818. The average Bonchev–Trinajstić information content (AvgIpc) is 2.64. The van der Waals surface area contributed by atoms with Gasteiger partial charge in [-0.2, -0.15) is 0 Å². The van der Waals surface area contributed by atoms with Crippen LogP contribution in [0.2, 0.25) is 0 Å². The second kappa shape index (κ2) is 3.37. The van der Waals surface area contributed by atoms with Crippen LogP contribution in [0.15, 0.2) is 0 Å². The second-order valence-corrected chi connectivity index (χ2v) is 5.48. The lowest BCUT2D eigenvalue weighted by molar-refractivity contribution is -0.139. The van der Waals surface area contributed by atoms with Crippen LogP contribution in [0.25, 0.3) is 0 Å². The third-order valence-electron chi connectivity index (χ3n) is 3.10. The predicted molar refractivity (Wildman–Crippen MR) is 56.0 cm³/mol. The zero-order valence-corrected chi connectivity index (χ0v) is 9.77. The van der Waals surface area contributed by atoms with Gasteiger partial charge >= 0.3 is 12.1 Å². The lowest BCUT2D eigenvalue weighted by atomic mass is 10.2. The van der Waals surface area contributed by atoms with Gasteiger partial charge in [0.25, 0.3) is 0 Å². The van der Waals surface area contributed by atoms with Gasteiger partial charge in [0.15, 0.2) is 0 Å². The highest BCUT2D eigenvalue weighted by molar-refractivity contribution is 5.79. The number of ether oxygens (including phenoxy) is 1. The van der Waals surface area contributed by atoms with Crippen molar-refractivity contribution in [2.75, 3.05) is 6.54 Å². The Balaban J connectivity index is 1.97. The molecule has 2 aliphatic rings. The van der Waals surface area contributed by atoms with Crippen LogP contribution in [0.1, 0.15) is 27.2 Å². The molecule has 0 unspecified atom stereocenters. The quantitative estimate of drug-likeness (QED) is 0.733. The summed E-state index contributed by atoms with van der Waals surface area (Å²) in [6, 6.07) is -0.132. The standard InChI is InChI=1S/C11H17NO4/c1-11(2,3)16-10(15)12-5-4-6-7(8(6)12)9(13)14/h6-8H,4-5H2,1-3H3,(H,13,14)/t6-,7+,8-/m1/s1. The molecule has 1 amide bonds. The van der Waals surface area contributed by atoms with Crippen LogP contribution in [0.3, 0.4) is 0 Å². The van der Waals surface area contributed by atoms with Gasteiger partial charge in [0.05, 0.1) is 12.0 Å². The molecule has 5 nitrogen and oxygen atoms in total. The van der Waals surface area contributed by atoms with Crippen molar-refractivity contribution in [2.45, 2.75) is 38.8 Å². The molecule has 5 heteroatoms. The summed E-state index contributed by atoms with van der Waals surface area (Å²) >= 11 is 0. The molecule has 1 saturated carbocycles. The monoisotopic (exact) mass is 227 g/mol. The average molecular weight is 227 g/mol. The van der Waals surface area contributed by atoms with E-state index in [-0.39, 0.29) is 24.0 Å². The highest BCUT2D eigenvalue weighted by Gasteiger charge is 2.63. The van der Waals surface area contributed by atoms with Crippen molar-refractivity contribution in [3.8, 4) is 0 Å². The van der Waals surface area contributed by atoms with E-state index in [0.29, 0.717) is 6.54 Å². The second-order valence-electron chi connectivity index (χ2n) is 5.48. The number of carbonyl (C=O) groups excluding carboxylic acids is 1. The third kappa shape index (κ3) is 1.86. The maximum absolute atomic E-state index is 11.8. The Bertz CT molecular complexity index is 333. The van der Waals surface area contributed by atoms with Gasteiger partial charge in [-0.3, -0.25) is 4.79 Å². The number of hydrogen-bond donors (Lipinski definition) is 1. The van der Waals surface area contributed by atoms with E-state index in [1.807, 2.05) is 0 Å². The Labute approximate surface area is 94.4 Å². The topological polar surface area (TPSA) is 66.8 Å². The van der Waals surface area contributed by atoms with E-state index in [4.69, 9.17) is 9.84 Å². The first-order valence-electron chi connectivity index (χ1n) is 5.54. The van der Waals surface area contributed by atoms with Crippen LogP contribution in [0.5, 0.6) is 0 Å². The lowest BCUT2D eigenvalue weighted by Gasteiger charge is -2.25. The van der Waals surface area contributed by atoms with Crippen molar-refractivity contribution in [1.82, 2.24) is 4.90 Å². The first kappa shape index (κ1) is 11.2. The highest BCUT2D eigenvalue weighted by Crippen LogP contribution is 2.51. The normalized spacial score (nSPS) is 32.2. The van der Waals surface area contributed by atoms with E-state index in [1.165, 1.54) is 0 Å². The van der Waals surface area contributed by atoms with E-state index in [2.05, 4.69) is 0 Å². The van der Waals surface area contributed by atoms with Gasteiger partial charge in [-0.15, -0.1) is 0 Å². The molecule has 1 aliphatic carbocycles. The fourth-order valence-corrected chi connectivity index (χ4v) is 2.43. The fourth-order valence-electron chi connectivity index (χ4n) is 2.43. The van der Waals surface area contributed by atoms with Crippen molar-refractivity contribution >= 4 is 12.1 Å². The van der Waals surface area contributed by atoms with Gasteiger partial charge in [0, 0.05) is 6.54 Å². The van der Waals surface area contributed by atoms with E-state index in [1.54, 1.807) is 25.7 Å². The van der Waals surface area contributed by atoms with Gasteiger partial charge < -0.3 is 14.7 Å². The maximum atomic E-state index is 11.8. The number of carboxylic acids is 1. The molecule has 1 N–H and O–H groups in total. The molecule has 2 fully saturated rings. The molecule has 16 heavy (non-hydrogen) atoms. The van der Waals surface area contributed by atoms with Crippen molar-refractivity contribution in [3.63, 3.8) is 0 Å². The molecule has 90 valence electrons. The molecular formula is C11H17NO4. The Kier molecular flexibility index (Phi) is 2.36. The number of carbonyl (C=O) groups is 2. The summed E-state index contributed by atoms with van der Waals surface area (Å²) in [5.41, 5.74) is -0.525. The molecule has 1 heterocycles. The van der Waals surface area contributed by atoms with Crippen LogP contribution >= 0.6 is 0 Å². The number of rotatable bonds is 1. The molecule has 1 aliphatic heterocycles. The number of amides is 1. The number of carboxylic acid groups (broad SMARTS) is 1. The molecule has 0 radical (unpaired) electrons. The summed E-state index contributed by atoms with van der Waals surface area (Å²) < 4.78 is 5.24. The van der Waals surface area contributed by atoms with Crippen molar-refractivity contribution in [1.29, 1.82) is 0 Å². The highest BCUT2D eigenvalue weighted by atomic mass is 16.6. The Morgan fingerprint density at radius 3 is 2.44 bits per heavy atom. The molecule has 0 aromatic heterocycles. The van der Waals surface area contributed by atoms with Crippen LogP contribution < -0.4 is 0 Å². The summed E-state index contributed by atoms with van der Waals surface area (Å²) in [6.45, 7) is 6.04. The van der Waals surface area contributed by atoms with Gasteiger partial charge in [0.2, 0.25) is 0 Å². The molecular weight excluding hydrogens is 210 g/mol. The van der Waals surface area contributed by atoms with E-state index < -0.39 is 11.6 Å². The molecule has 3 atom stereocenters. The summed E-state index contributed by atoms with van der Waals surface area (Å²) in [7, 11) is 0. The molecule has 2 rings (SSSR count). The molecule has 0 bridgehead atoms. The lowest BCUT2D eigenvalue weighted by Crippen LogP contribution is -2.38. The molecule has 0 spiro atoms.